The summed E-state index contributed by atoms with van der Waals surface area (Å²) in [6, 6.07) is 0. The second-order valence-corrected chi connectivity index (χ2v) is 9.94. The molecule has 3 atom stereocenters. The molecule has 2 saturated heterocycles. The number of carbonyl (C=O) groups is 2. The lowest BCUT2D eigenvalue weighted by atomic mass is 10.0. The van der Waals surface area contributed by atoms with E-state index in [1.165, 1.54) is 0 Å². The molecule has 2 amide bonds. The molecule has 0 radical (unpaired) electrons. The van der Waals surface area contributed by atoms with Crippen LogP contribution < -0.4 is 0 Å². The van der Waals surface area contributed by atoms with Gasteiger partial charge >= 0.3 is 12.2 Å². The van der Waals surface area contributed by atoms with E-state index in [-0.39, 0.29) is 24.7 Å². The van der Waals surface area contributed by atoms with Gasteiger partial charge in [0.25, 0.3) is 0 Å². The maximum atomic E-state index is 11.7. The predicted molar refractivity (Wildman–Crippen MR) is 115 cm³/mol. The Bertz CT molecular complexity index is 581. The molecule has 30 heavy (non-hydrogen) atoms. The third-order valence-corrected chi connectivity index (χ3v) is 4.82. The topological polar surface area (TPSA) is 99.5 Å². The molecule has 0 spiro atoms. The first-order valence-electron chi connectivity index (χ1n) is 10.6. The van der Waals surface area contributed by atoms with Crippen molar-refractivity contribution in [2.75, 3.05) is 32.8 Å². The van der Waals surface area contributed by atoms with Gasteiger partial charge in [0.1, 0.15) is 11.2 Å². The van der Waals surface area contributed by atoms with Gasteiger partial charge in [0.15, 0.2) is 0 Å². The highest BCUT2D eigenvalue weighted by molar-refractivity contribution is 5.68. The standard InChI is InChI=1S/C11H21NO4.C11H19NO2/c1-11(2,3)16-10(15)12-5-4-8(6-12)9(14)7-13;1-5-9-6-7-12(8-9)10(13)14-11(2,3)4/h8-9,13-14H,4-7H2,1-3H3;5,9H,1,6-8H2,2-4H3/t8-,9+;9-/m00/s1. The minimum absolute atomic E-state index is 0.0440. The Morgan fingerprint density at radius 1 is 1.00 bits per heavy atom. The van der Waals surface area contributed by atoms with Gasteiger partial charge in [0.2, 0.25) is 0 Å². The molecule has 0 aliphatic carbocycles. The molecule has 2 N–H and O–H groups in total. The average Bonchev–Trinajstić information content (AvgIpc) is 3.28. The molecular formula is C22H40N2O6. The third kappa shape index (κ3) is 9.34. The van der Waals surface area contributed by atoms with Crippen LogP contribution in [-0.2, 0) is 9.47 Å². The van der Waals surface area contributed by atoms with E-state index in [9.17, 15) is 14.7 Å². The van der Waals surface area contributed by atoms with Crippen LogP contribution in [0.1, 0.15) is 54.4 Å². The van der Waals surface area contributed by atoms with E-state index < -0.39 is 17.3 Å². The van der Waals surface area contributed by atoms with E-state index in [2.05, 4.69) is 6.58 Å². The van der Waals surface area contributed by atoms with Crippen LogP contribution in [0.15, 0.2) is 12.7 Å². The summed E-state index contributed by atoms with van der Waals surface area (Å²) in [7, 11) is 0. The molecule has 8 nitrogen and oxygen atoms in total. The highest BCUT2D eigenvalue weighted by Gasteiger charge is 2.33. The Morgan fingerprint density at radius 3 is 1.87 bits per heavy atom. The van der Waals surface area contributed by atoms with Crippen molar-refractivity contribution in [3.05, 3.63) is 12.7 Å². The molecular weight excluding hydrogens is 388 g/mol. The fraction of sp³-hybridized carbons (Fsp3) is 0.818. The van der Waals surface area contributed by atoms with Crippen LogP contribution in [-0.4, -0.2) is 82.3 Å². The Morgan fingerprint density at radius 2 is 1.47 bits per heavy atom. The predicted octanol–water partition coefficient (Wildman–Crippen LogP) is 3.03. The minimum atomic E-state index is -0.743. The molecule has 2 heterocycles. The van der Waals surface area contributed by atoms with Gasteiger partial charge in [-0.1, -0.05) is 6.08 Å². The number of rotatable bonds is 3. The van der Waals surface area contributed by atoms with Crippen molar-refractivity contribution in [2.45, 2.75) is 71.7 Å². The minimum Gasteiger partial charge on any atom is -0.444 e. The molecule has 0 aromatic carbocycles. The Labute approximate surface area is 180 Å². The number of nitrogens with zero attached hydrogens (tertiary/aromatic N) is 2. The van der Waals surface area contributed by atoms with E-state index >= 15 is 0 Å². The lowest BCUT2D eigenvalue weighted by Gasteiger charge is -2.24. The lowest BCUT2D eigenvalue weighted by molar-refractivity contribution is 0.0228. The Hall–Kier alpha value is -1.80. The quantitative estimate of drug-likeness (QED) is 0.671. The van der Waals surface area contributed by atoms with Crippen LogP contribution in [0.3, 0.4) is 0 Å². The van der Waals surface area contributed by atoms with Gasteiger partial charge in [0.05, 0.1) is 12.7 Å². The molecule has 2 rings (SSSR count). The molecule has 0 unspecified atom stereocenters. The molecule has 8 heteroatoms. The maximum absolute atomic E-state index is 11.7. The molecule has 174 valence electrons. The first kappa shape index (κ1) is 26.2. The van der Waals surface area contributed by atoms with Crippen molar-refractivity contribution < 1.29 is 29.3 Å². The summed E-state index contributed by atoms with van der Waals surface area (Å²) in [4.78, 5) is 26.6. The van der Waals surface area contributed by atoms with Gasteiger partial charge in [-0.05, 0) is 60.3 Å². The van der Waals surface area contributed by atoms with E-state index in [0.29, 0.717) is 25.4 Å². The summed E-state index contributed by atoms with van der Waals surface area (Å²) in [5.74, 6) is 0.389. The van der Waals surface area contributed by atoms with Gasteiger partial charge in [-0.25, -0.2) is 9.59 Å². The van der Waals surface area contributed by atoms with Crippen LogP contribution >= 0.6 is 0 Å². The van der Waals surface area contributed by atoms with Crippen molar-refractivity contribution in [3.63, 3.8) is 0 Å². The van der Waals surface area contributed by atoms with Gasteiger partial charge in [0, 0.05) is 32.1 Å². The van der Waals surface area contributed by atoms with Crippen LogP contribution in [0, 0.1) is 11.8 Å². The third-order valence-electron chi connectivity index (χ3n) is 4.82. The average molecular weight is 429 g/mol. The second kappa shape index (κ2) is 11.0. The van der Waals surface area contributed by atoms with Crippen molar-refractivity contribution >= 4 is 12.2 Å². The Balaban J connectivity index is 0.000000303. The van der Waals surface area contributed by atoms with Crippen molar-refractivity contribution in [1.82, 2.24) is 9.80 Å². The van der Waals surface area contributed by atoms with Crippen LogP contribution in [0.2, 0.25) is 0 Å². The van der Waals surface area contributed by atoms with Crippen LogP contribution in [0.4, 0.5) is 9.59 Å². The molecule has 0 aromatic rings. The summed E-state index contributed by atoms with van der Waals surface area (Å²) in [6.45, 7) is 17.1. The first-order chi connectivity index (χ1) is 13.8. The zero-order valence-corrected chi connectivity index (χ0v) is 19.4. The molecule has 0 aromatic heterocycles. The van der Waals surface area contributed by atoms with E-state index in [1.54, 1.807) is 9.80 Å². The van der Waals surface area contributed by atoms with Crippen LogP contribution in [0.5, 0.6) is 0 Å². The monoisotopic (exact) mass is 428 g/mol. The molecule has 0 bridgehead atoms. The number of hydrogen-bond donors (Lipinski definition) is 2. The van der Waals surface area contributed by atoms with E-state index in [0.717, 1.165) is 19.5 Å². The summed E-state index contributed by atoms with van der Waals surface area (Å²) in [6.07, 6.45) is 2.32. The Kier molecular flexibility index (Phi) is 9.62. The van der Waals surface area contributed by atoms with E-state index in [1.807, 2.05) is 47.6 Å². The number of likely N-dealkylation sites (tertiary alicyclic amines) is 2. The summed E-state index contributed by atoms with van der Waals surface area (Å²) >= 11 is 0. The highest BCUT2D eigenvalue weighted by atomic mass is 16.6. The molecule has 2 aliphatic rings. The van der Waals surface area contributed by atoms with E-state index in [4.69, 9.17) is 14.6 Å². The number of carbonyl (C=O) groups excluding carboxylic acids is 2. The smallest absolute Gasteiger partial charge is 0.410 e. The van der Waals surface area contributed by atoms with Gasteiger partial charge in [-0.2, -0.15) is 0 Å². The lowest BCUT2D eigenvalue weighted by Crippen LogP contribution is -2.36. The van der Waals surface area contributed by atoms with Crippen molar-refractivity contribution in [2.24, 2.45) is 11.8 Å². The van der Waals surface area contributed by atoms with Gasteiger partial charge < -0.3 is 29.5 Å². The highest BCUT2D eigenvalue weighted by Crippen LogP contribution is 2.22. The number of aliphatic hydroxyl groups is 2. The number of hydrogen-bond acceptors (Lipinski definition) is 6. The summed E-state index contributed by atoms with van der Waals surface area (Å²) < 4.78 is 10.5. The fourth-order valence-electron chi connectivity index (χ4n) is 3.21. The zero-order chi connectivity index (χ0) is 23.1. The first-order valence-corrected chi connectivity index (χ1v) is 10.6. The molecule has 2 aliphatic heterocycles. The zero-order valence-electron chi connectivity index (χ0n) is 19.4. The van der Waals surface area contributed by atoms with Crippen molar-refractivity contribution in [1.29, 1.82) is 0 Å². The van der Waals surface area contributed by atoms with Crippen LogP contribution in [0.25, 0.3) is 0 Å². The van der Waals surface area contributed by atoms with Gasteiger partial charge in [-0.15, -0.1) is 6.58 Å². The largest absolute Gasteiger partial charge is 0.444 e. The summed E-state index contributed by atoms with van der Waals surface area (Å²) in [5.41, 5.74) is -0.895. The summed E-state index contributed by atoms with van der Waals surface area (Å²) in [5, 5.41) is 18.3. The molecule has 2 fully saturated rings. The van der Waals surface area contributed by atoms with Crippen molar-refractivity contribution in [3.8, 4) is 0 Å². The number of aliphatic hydroxyl groups excluding tert-OH is 2. The SMILES string of the molecule is C=C[C@H]1CCN(C(=O)OC(C)(C)C)C1.CC(C)(C)OC(=O)N1CC[C@H]([C@H](O)CO)C1. The number of amides is 2. The maximum Gasteiger partial charge on any atom is 0.410 e. The molecule has 0 saturated carbocycles. The second-order valence-electron chi connectivity index (χ2n) is 9.94. The number of ether oxygens (including phenoxy) is 2. The normalized spacial score (nSPS) is 22.8. The van der Waals surface area contributed by atoms with Gasteiger partial charge in [-0.3, -0.25) is 0 Å². The fourth-order valence-corrected chi connectivity index (χ4v) is 3.21.